The molecule has 1 atom stereocenters. The molecule has 3 rings (SSSR count). The van der Waals surface area contributed by atoms with Crippen LogP contribution in [0.1, 0.15) is 25.3 Å². The molecule has 1 heterocycles. The van der Waals surface area contributed by atoms with Crippen LogP contribution in [0.25, 0.3) is 0 Å². The van der Waals surface area contributed by atoms with Crippen LogP contribution in [-0.4, -0.2) is 29.9 Å². The zero-order valence-corrected chi connectivity index (χ0v) is 16.4. The van der Waals surface area contributed by atoms with E-state index in [-0.39, 0.29) is 17.8 Å². The highest BCUT2D eigenvalue weighted by Crippen LogP contribution is 2.30. The molecule has 2 N–H and O–H groups in total. The quantitative estimate of drug-likeness (QED) is 0.793. The molecule has 3 amide bonds. The predicted molar refractivity (Wildman–Crippen MR) is 108 cm³/mol. The highest BCUT2D eigenvalue weighted by molar-refractivity contribution is 6.30. The van der Waals surface area contributed by atoms with Crippen LogP contribution in [0.5, 0.6) is 0 Å². The summed E-state index contributed by atoms with van der Waals surface area (Å²) in [4.78, 5) is 27.0. The molecule has 0 spiro atoms. The molecule has 2 aromatic rings. The molecule has 0 unspecified atom stereocenters. The Balaban J connectivity index is 1.58. The lowest BCUT2D eigenvalue weighted by Crippen LogP contribution is -2.52. The Labute approximate surface area is 168 Å². The average molecular weight is 404 g/mol. The van der Waals surface area contributed by atoms with Gasteiger partial charge in [0.25, 0.3) is 0 Å². The van der Waals surface area contributed by atoms with E-state index >= 15 is 0 Å². The summed E-state index contributed by atoms with van der Waals surface area (Å²) in [6.07, 6.45) is 1.45. The van der Waals surface area contributed by atoms with E-state index in [0.717, 1.165) is 12.0 Å². The molecule has 1 aliphatic heterocycles. The van der Waals surface area contributed by atoms with Gasteiger partial charge in [0.15, 0.2) is 0 Å². The third kappa shape index (κ3) is 5.01. The fourth-order valence-electron chi connectivity index (χ4n) is 3.33. The van der Waals surface area contributed by atoms with Gasteiger partial charge in [0, 0.05) is 30.3 Å². The lowest BCUT2D eigenvalue weighted by Gasteiger charge is -2.39. The molecule has 1 aliphatic rings. The minimum atomic E-state index is -0.671. The molecule has 2 aromatic carbocycles. The van der Waals surface area contributed by atoms with Crippen molar-refractivity contribution in [2.45, 2.75) is 26.3 Å². The summed E-state index contributed by atoms with van der Waals surface area (Å²) in [7, 11) is 0. The van der Waals surface area contributed by atoms with E-state index in [0.29, 0.717) is 36.8 Å². The lowest BCUT2D eigenvalue weighted by molar-refractivity contribution is -0.132. The SMILES string of the molecule is C[C@@]1(C(=O)NCc2ccc(F)cc2)CCCN(C(=O)Nc2ccc(Cl)cc2)C1. The highest BCUT2D eigenvalue weighted by Gasteiger charge is 2.39. The van der Waals surface area contributed by atoms with Crippen molar-refractivity contribution >= 4 is 29.2 Å². The zero-order valence-electron chi connectivity index (χ0n) is 15.7. The first-order chi connectivity index (χ1) is 13.4. The standard InChI is InChI=1S/C21H23ClFN3O2/c1-21(19(27)24-13-15-3-7-17(23)8-4-15)11-2-12-26(14-21)20(28)25-18-9-5-16(22)6-10-18/h3-10H,2,11-14H2,1H3,(H,24,27)(H,25,28)/t21-/m1/s1. The maximum absolute atomic E-state index is 13.0. The number of anilines is 1. The number of carbonyl (C=O) groups excluding carboxylic acids is 2. The Kier molecular flexibility index (Phi) is 6.19. The third-order valence-corrected chi connectivity index (χ3v) is 5.25. The molecule has 0 radical (unpaired) electrons. The van der Waals surface area contributed by atoms with Crippen molar-refractivity contribution in [1.82, 2.24) is 10.2 Å². The summed E-state index contributed by atoms with van der Waals surface area (Å²) in [6.45, 7) is 3.13. The van der Waals surface area contributed by atoms with Gasteiger partial charge in [0.05, 0.1) is 5.41 Å². The average Bonchev–Trinajstić information content (AvgIpc) is 2.69. The number of hydrogen-bond acceptors (Lipinski definition) is 2. The van der Waals surface area contributed by atoms with Crippen LogP contribution in [0.3, 0.4) is 0 Å². The number of piperidine rings is 1. The lowest BCUT2D eigenvalue weighted by atomic mass is 9.81. The van der Waals surface area contributed by atoms with Gasteiger partial charge in [-0.05, 0) is 61.7 Å². The molecule has 148 valence electrons. The Morgan fingerprint density at radius 2 is 1.82 bits per heavy atom. The van der Waals surface area contributed by atoms with E-state index in [1.165, 1.54) is 12.1 Å². The molecule has 7 heteroatoms. The summed E-state index contributed by atoms with van der Waals surface area (Å²) in [5.41, 5.74) is 0.809. The van der Waals surface area contributed by atoms with Crippen molar-refractivity contribution < 1.29 is 14.0 Å². The smallest absolute Gasteiger partial charge is 0.321 e. The first-order valence-electron chi connectivity index (χ1n) is 9.20. The Morgan fingerprint density at radius 1 is 1.14 bits per heavy atom. The number of benzene rings is 2. The summed E-state index contributed by atoms with van der Waals surface area (Å²) in [5.74, 6) is -0.419. The number of hydrogen-bond donors (Lipinski definition) is 2. The second-order valence-electron chi connectivity index (χ2n) is 7.33. The van der Waals surface area contributed by atoms with Gasteiger partial charge >= 0.3 is 6.03 Å². The number of urea groups is 1. The van der Waals surface area contributed by atoms with Gasteiger partial charge in [0.1, 0.15) is 5.82 Å². The van der Waals surface area contributed by atoms with Crippen LogP contribution in [0.15, 0.2) is 48.5 Å². The molecule has 0 bridgehead atoms. The van der Waals surface area contributed by atoms with Crippen LogP contribution in [-0.2, 0) is 11.3 Å². The molecule has 5 nitrogen and oxygen atoms in total. The van der Waals surface area contributed by atoms with Gasteiger partial charge < -0.3 is 15.5 Å². The molecule has 28 heavy (non-hydrogen) atoms. The largest absolute Gasteiger partial charge is 0.351 e. The fraction of sp³-hybridized carbons (Fsp3) is 0.333. The van der Waals surface area contributed by atoms with Crippen LogP contribution >= 0.6 is 11.6 Å². The Morgan fingerprint density at radius 3 is 2.50 bits per heavy atom. The molecule has 0 aliphatic carbocycles. The number of rotatable bonds is 4. The van der Waals surface area contributed by atoms with Gasteiger partial charge in [-0.25, -0.2) is 9.18 Å². The number of carbonyl (C=O) groups is 2. The first kappa shape index (κ1) is 20.1. The molecule has 0 saturated carbocycles. The zero-order chi connectivity index (χ0) is 20.1. The van der Waals surface area contributed by atoms with Crippen molar-refractivity contribution in [2.24, 2.45) is 5.41 Å². The second kappa shape index (κ2) is 8.61. The number of amides is 3. The Hall–Kier alpha value is -2.60. The Bertz CT molecular complexity index is 842. The molecular formula is C21H23ClFN3O2. The second-order valence-corrected chi connectivity index (χ2v) is 7.77. The number of halogens is 2. The topological polar surface area (TPSA) is 61.4 Å². The predicted octanol–water partition coefficient (Wildman–Crippen LogP) is 4.43. The normalized spacial score (nSPS) is 19.2. The number of nitrogens with zero attached hydrogens (tertiary/aromatic N) is 1. The van der Waals surface area contributed by atoms with Crippen LogP contribution in [0, 0.1) is 11.2 Å². The van der Waals surface area contributed by atoms with Gasteiger partial charge in [-0.2, -0.15) is 0 Å². The molecular weight excluding hydrogens is 381 g/mol. The first-order valence-corrected chi connectivity index (χ1v) is 9.58. The van der Waals surface area contributed by atoms with Crippen LogP contribution in [0.2, 0.25) is 5.02 Å². The minimum absolute atomic E-state index is 0.110. The van der Waals surface area contributed by atoms with Gasteiger partial charge in [-0.3, -0.25) is 4.79 Å². The van der Waals surface area contributed by atoms with Crippen molar-refractivity contribution in [1.29, 1.82) is 0 Å². The van der Waals surface area contributed by atoms with E-state index in [2.05, 4.69) is 10.6 Å². The van der Waals surface area contributed by atoms with Crippen molar-refractivity contribution in [3.63, 3.8) is 0 Å². The number of likely N-dealkylation sites (tertiary alicyclic amines) is 1. The molecule has 1 saturated heterocycles. The van der Waals surface area contributed by atoms with Gasteiger partial charge in [-0.1, -0.05) is 23.7 Å². The third-order valence-electron chi connectivity index (χ3n) is 4.99. The van der Waals surface area contributed by atoms with Crippen LogP contribution in [0.4, 0.5) is 14.9 Å². The minimum Gasteiger partial charge on any atom is -0.351 e. The van der Waals surface area contributed by atoms with Crippen LogP contribution < -0.4 is 10.6 Å². The fourth-order valence-corrected chi connectivity index (χ4v) is 3.46. The van der Waals surface area contributed by atoms with E-state index in [4.69, 9.17) is 11.6 Å². The summed E-state index contributed by atoms with van der Waals surface area (Å²) in [5, 5.41) is 6.35. The van der Waals surface area contributed by atoms with Gasteiger partial charge in [-0.15, -0.1) is 0 Å². The van der Waals surface area contributed by atoms with E-state index in [1.807, 2.05) is 6.92 Å². The van der Waals surface area contributed by atoms with Gasteiger partial charge in [0.2, 0.25) is 5.91 Å². The van der Waals surface area contributed by atoms with E-state index in [1.54, 1.807) is 41.3 Å². The highest BCUT2D eigenvalue weighted by atomic mass is 35.5. The number of nitrogens with one attached hydrogen (secondary N) is 2. The summed E-state index contributed by atoms with van der Waals surface area (Å²) < 4.78 is 13.0. The van der Waals surface area contributed by atoms with E-state index in [9.17, 15) is 14.0 Å². The summed E-state index contributed by atoms with van der Waals surface area (Å²) in [6, 6.07) is 12.7. The maximum atomic E-state index is 13.0. The van der Waals surface area contributed by atoms with Crippen molar-refractivity contribution in [2.75, 3.05) is 18.4 Å². The monoisotopic (exact) mass is 403 g/mol. The van der Waals surface area contributed by atoms with E-state index < -0.39 is 5.41 Å². The molecule has 0 aromatic heterocycles. The maximum Gasteiger partial charge on any atom is 0.321 e. The summed E-state index contributed by atoms with van der Waals surface area (Å²) >= 11 is 5.86. The van der Waals surface area contributed by atoms with Crippen molar-refractivity contribution in [3.8, 4) is 0 Å². The van der Waals surface area contributed by atoms with Crippen molar-refractivity contribution in [3.05, 3.63) is 64.9 Å². The molecule has 1 fully saturated rings.